The summed E-state index contributed by atoms with van der Waals surface area (Å²) in [5, 5.41) is 0.806. The molecule has 0 unspecified atom stereocenters. The largest absolute Gasteiger partial charge is 0.486 e. The summed E-state index contributed by atoms with van der Waals surface area (Å²) in [4.78, 5) is 28.6. The van der Waals surface area contributed by atoms with Crippen molar-refractivity contribution in [1.82, 2.24) is 24.4 Å². The zero-order valence-corrected chi connectivity index (χ0v) is 21.7. The summed E-state index contributed by atoms with van der Waals surface area (Å²) in [6, 6.07) is 5.91. The molecule has 192 valence electrons. The van der Waals surface area contributed by atoms with E-state index in [1.165, 1.54) is 6.33 Å². The number of imidazole rings is 1. The van der Waals surface area contributed by atoms with Crippen LogP contribution in [0.2, 0.25) is 0 Å². The van der Waals surface area contributed by atoms with Crippen molar-refractivity contribution in [2.45, 2.75) is 62.2 Å². The summed E-state index contributed by atoms with van der Waals surface area (Å²) in [7, 11) is 0. The lowest BCUT2D eigenvalue weighted by Gasteiger charge is -2.33. The van der Waals surface area contributed by atoms with Crippen molar-refractivity contribution in [2.24, 2.45) is 5.92 Å². The Bertz CT molecular complexity index is 1250. The van der Waals surface area contributed by atoms with Gasteiger partial charge in [0.1, 0.15) is 25.1 Å². The maximum Gasteiger partial charge on any atom is 0.410 e. The van der Waals surface area contributed by atoms with Gasteiger partial charge in [-0.1, -0.05) is 11.8 Å². The summed E-state index contributed by atoms with van der Waals surface area (Å²) in [6.45, 7) is 8.94. The summed E-state index contributed by atoms with van der Waals surface area (Å²) >= 11 is 1.54. The van der Waals surface area contributed by atoms with Crippen LogP contribution in [0.5, 0.6) is 11.5 Å². The van der Waals surface area contributed by atoms with Crippen LogP contribution in [0.15, 0.2) is 34.6 Å². The van der Waals surface area contributed by atoms with E-state index in [1.54, 1.807) is 11.8 Å². The smallest absolute Gasteiger partial charge is 0.410 e. The molecule has 1 aromatic carbocycles. The van der Waals surface area contributed by atoms with E-state index >= 15 is 0 Å². The van der Waals surface area contributed by atoms with Gasteiger partial charge in [0.15, 0.2) is 33.6 Å². The molecular weight excluding hydrogens is 480 g/mol. The zero-order valence-electron chi connectivity index (χ0n) is 20.9. The van der Waals surface area contributed by atoms with Crippen LogP contribution in [-0.4, -0.2) is 62.4 Å². The molecule has 0 bridgehead atoms. The number of piperidine rings is 1. The van der Waals surface area contributed by atoms with E-state index in [9.17, 15) is 4.79 Å². The molecule has 1 saturated heterocycles. The molecule has 10 nitrogen and oxygen atoms in total. The Kier molecular flexibility index (Phi) is 6.83. The molecular formula is C25H32N6O4S. The van der Waals surface area contributed by atoms with Crippen LogP contribution in [0.4, 0.5) is 10.6 Å². The molecule has 5 rings (SSSR count). The third kappa shape index (κ3) is 5.45. The highest BCUT2D eigenvalue weighted by atomic mass is 32.2. The number of anilines is 1. The van der Waals surface area contributed by atoms with E-state index in [-0.39, 0.29) is 6.09 Å². The first-order valence-electron chi connectivity index (χ1n) is 12.3. The van der Waals surface area contributed by atoms with Gasteiger partial charge in [0, 0.05) is 24.5 Å². The molecule has 4 heterocycles. The normalized spacial score (nSPS) is 16.4. The number of fused-ring (bicyclic) bond motifs is 2. The predicted molar refractivity (Wildman–Crippen MR) is 136 cm³/mol. The fourth-order valence-corrected chi connectivity index (χ4v) is 5.39. The van der Waals surface area contributed by atoms with Crippen molar-refractivity contribution in [2.75, 3.05) is 32.0 Å². The van der Waals surface area contributed by atoms with Gasteiger partial charge in [0.05, 0.1) is 0 Å². The zero-order chi connectivity index (χ0) is 25.3. The number of rotatable bonds is 5. The number of benzene rings is 1. The molecule has 0 radical (unpaired) electrons. The maximum atomic E-state index is 12.4. The molecule has 2 aliphatic rings. The Labute approximate surface area is 214 Å². The van der Waals surface area contributed by atoms with E-state index in [0.29, 0.717) is 43.6 Å². The van der Waals surface area contributed by atoms with Crippen LogP contribution < -0.4 is 15.2 Å². The number of carbonyl (C=O) groups excluding carboxylic acids is 1. The number of amides is 1. The molecule has 1 fully saturated rings. The van der Waals surface area contributed by atoms with Gasteiger partial charge in [-0.15, -0.1) is 0 Å². The number of carbonyl (C=O) groups is 1. The third-order valence-electron chi connectivity index (χ3n) is 6.28. The molecule has 0 atom stereocenters. The highest BCUT2D eigenvalue weighted by Gasteiger charge is 2.27. The minimum atomic E-state index is -0.481. The van der Waals surface area contributed by atoms with E-state index in [2.05, 4.69) is 14.5 Å². The summed E-state index contributed by atoms with van der Waals surface area (Å²) in [5.41, 5.74) is 6.99. The fraction of sp³-hybridized carbons (Fsp3) is 0.520. The van der Waals surface area contributed by atoms with Gasteiger partial charge < -0.3 is 29.4 Å². The molecule has 11 heteroatoms. The summed E-state index contributed by atoms with van der Waals surface area (Å²) in [5.74, 6) is 2.36. The van der Waals surface area contributed by atoms with Gasteiger partial charge in [-0.05, 0) is 64.2 Å². The van der Waals surface area contributed by atoms with Gasteiger partial charge >= 0.3 is 6.09 Å². The first-order valence-corrected chi connectivity index (χ1v) is 13.1. The Balaban J connectivity index is 1.29. The molecule has 0 aliphatic carbocycles. The minimum absolute atomic E-state index is 0.230. The van der Waals surface area contributed by atoms with Crippen molar-refractivity contribution in [1.29, 1.82) is 0 Å². The number of likely N-dealkylation sites (tertiary alicyclic amines) is 1. The molecule has 0 spiro atoms. The molecule has 0 saturated carbocycles. The number of ether oxygens (including phenoxy) is 3. The van der Waals surface area contributed by atoms with Crippen molar-refractivity contribution in [3.8, 4) is 11.5 Å². The molecule has 3 aromatic rings. The number of nitrogens with zero attached hydrogens (tertiary/aromatic N) is 5. The fourth-order valence-electron chi connectivity index (χ4n) is 4.45. The van der Waals surface area contributed by atoms with Crippen LogP contribution >= 0.6 is 11.8 Å². The number of hydrogen-bond acceptors (Lipinski definition) is 9. The highest BCUT2D eigenvalue weighted by molar-refractivity contribution is 7.99. The van der Waals surface area contributed by atoms with Crippen molar-refractivity contribution in [3.05, 3.63) is 24.5 Å². The van der Waals surface area contributed by atoms with E-state index in [4.69, 9.17) is 24.9 Å². The average Bonchev–Trinajstić information content (AvgIpc) is 3.20. The molecule has 1 amide bonds. The minimum Gasteiger partial charge on any atom is -0.486 e. The number of aryl methyl sites for hydroxylation is 1. The second kappa shape index (κ2) is 10.0. The number of hydrogen-bond donors (Lipinski definition) is 1. The van der Waals surface area contributed by atoms with Gasteiger partial charge in [0.25, 0.3) is 0 Å². The van der Waals surface area contributed by atoms with E-state index in [0.717, 1.165) is 53.0 Å². The lowest BCUT2D eigenvalue weighted by Crippen LogP contribution is -2.41. The Morgan fingerprint density at radius 2 is 1.92 bits per heavy atom. The second-order valence-electron chi connectivity index (χ2n) is 10.1. The van der Waals surface area contributed by atoms with E-state index < -0.39 is 5.60 Å². The van der Waals surface area contributed by atoms with Crippen LogP contribution in [0.25, 0.3) is 11.2 Å². The molecule has 2 aromatic heterocycles. The maximum absolute atomic E-state index is 12.4. The molecule has 2 N–H and O–H groups in total. The standard InChI is InChI=1S/C25H32N6O4S/c1-25(2,3)35-24(32)30-9-6-16(7-10-30)8-11-31-22-20(21(26)27-15-28-22)29-23(31)36-17-4-5-18-19(14-17)34-13-12-33-18/h4-5,14-16H,6-13H2,1-3H3,(H2,26,27,28). The lowest BCUT2D eigenvalue weighted by atomic mass is 9.94. The first kappa shape index (κ1) is 24.5. The number of nitrogens with two attached hydrogens (primary N) is 1. The van der Waals surface area contributed by atoms with Crippen molar-refractivity contribution < 1.29 is 19.0 Å². The van der Waals surface area contributed by atoms with Crippen LogP contribution in [0.3, 0.4) is 0 Å². The molecule has 36 heavy (non-hydrogen) atoms. The third-order valence-corrected chi connectivity index (χ3v) is 7.26. The Morgan fingerprint density at radius 1 is 1.17 bits per heavy atom. The Hall–Kier alpha value is -3.21. The van der Waals surface area contributed by atoms with Crippen LogP contribution in [-0.2, 0) is 11.3 Å². The highest BCUT2D eigenvalue weighted by Crippen LogP contribution is 2.38. The molecule has 2 aliphatic heterocycles. The number of nitrogen functional groups attached to an aromatic ring is 1. The summed E-state index contributed by atoms with van der Waals surface area (Å²) in [6.07, 6.45) is 4.08. The van der Waals surface area contributed by atoms with Gasteiger partial charge in [-0.2, -0.15) is 0 Å². The quantitative estimate of drug-likeness (QED) is 0.532. The Morgan fingerprint density at radius 3 is 2.67 bits per heavy atom. The SMILES string of the molecule is CC(C)(C)OC(=O)N1CCC(CCn2c(Sc3ccc4c(c3)OCCO4)nc3c(N)ncnc32)CC1. The summed E-state index contributed by atoms with van der Waals surface area (Å²) < 4.78 is 19.0. The topological polar surface area (TPSA) is 118 Å². The average molecular weight is 513 g/mol. The lowest BCUT2D eigenvalue weighted by molar-refractivity contribution is 0.0180. The predicted octanol–water partition coefficient (Wildman–Crippen LogP) is 4.37. The van der Waals surface area contributed by atoms with Gasteiger partial charge in [-0.25, -0.2) is 19.7 Å². The van der Waals surface area contributed by atoms with E-state index in [1.807, 2.05) is 43.9 Å². The van der Waals surface area contributed by atoms with Crippen LogP contribution in [0, 0.1) is 5.92 Å². The van der Waals surface area contributed by atoms with Gasteiger partial charge in [-0.3, -0.25) is 0 Å². The first-order chi connectivity index (χ1) is 17.3. The van der Waals surface area contributed by atoms with Gasteiger partial charge in [0.2, 0.25) is 0 Å². The van der Waals surface area contributed by atoms with Crippen LogP contribution in [0.1, 0.15) is 40.0 Å². The van der Waals surface area contributed by atoms with Crippen molar-refractivity contribution in [3.63, 3.8) is 0 Å². The number of aromatic nitrogens is 4. The van der Waals surface area contributed by atoms with Crippen molar-refractivity contribution >= 4 is 34.8 Å². The monoisotopic (exact) mass is 512 g/mol. The second-order valence-corrected chi connectivity index (χ2v) is 11.1.